The molecule has 48 valence electrons. The zero-order chi connectivity index (χ0) is 6.78. The molecule has 0 fully saturated rings. The highest BCUT2D eigenvalue weighted by Gasteiger charge is 2.19. The molecule has 0 aliphatic carbocycles. The lowest BCUT2D eigenvalue weighted by atomic mass is 9.93. The Hall–Kier alpha value is -0.300. The molecule has 0 unspecified atom stereocenters. The number of hydrogen-bond acceptors (Lipinski definition) is 1. The number of rotatable bonds is 2. The second-order valence-corrected chi connectivity index (χ2v) is 2.58. The Bertz CT molecular complexity index is 82.4. The molecule has 0 heterocycles. The zero-order valence-electron chi connectivity index (χ0n) is 5.81. The van der Waals surface area contributed by atoms with Crippen molar-refractivity contribution in [1.82, 2.24) is 0 Å². The van der Waals surface area contributed by atoms with Gasteiger partial charge in [0.25, 0.3) is 0 Å². The molecule has 0 spiro atoms. The van der Waals surface area contributed by atoms with Gasteiger partial charge >= 0.3 is 0 Å². The fourth-order valence-electron chi connectivity index (χ4n) is 0.236. The van der Waals surface area contributed by atoms with Crippen LogP contribution >= 0.6 is 0 Å². The minimum absolute atomic E-state index is 0.250. The lowest BCUT2D eigenvalue weighted by Gasteiger charge is -2.22. The molecule has 1 heteroatoms. The predicted octanol–water partition coefficient (Wildman–Crippen LogP) is 1.58. The van der Waals surface area contributed by atoms with Crippen molar-refractivity contribution in [2.24, 2.45) is 5.92 Å². The van der Waals surface area contributed by atoms with Gasteiger partial charge < -0.3 is 5.11 Å². The van der Waals surface area contributed by atoms with Crippen LogP contribution in [0.2, 0.25) is 0 Å². The zero-order valence-corrected chi connectivity index (χ0v) is 5.81. The van der Waals surface area contributed by atoms with Gasteiger partial charge in [0, 0.05) is 0 Å². The van der Waals surface area contributed by atoms with Crippen LogP contribution in [0.25, 0.3) is 0 Å². The average molecular weight is 114 g/mol. The Morgan fingerprint density at radius 2 is 2.00 bits per heavy atom. The van der Waals surface area contributed by atoms with Gasteiger partial charge in [-0.25, -0.2) is 0 Å². The molecule has 0 aromatic heterocycles. The van der Waals surface area contributed by atoms with Gasteiger partial charge in [0.15, 0.2) is 0 Å². The minimum Gasteiger partial charge on any atom is -0.386 e. The summed E-state index contributed by atoms with van der Waals surface area (Å²) in [7, 11) is 0. The molecule has 0 saturated carbocycles. The second-order valence-electron chi connectivity index (χ2n) is 2.58. The minimum atomic E-state index is -0.694. The molecule has 8 heavy (non-hydrogen) atoms. The van der Waals surface area contributed by atoms with Crippen LogP contribution in [-0.2, 0) is 0 Å². The maximum Gasteiger partial charge on any atom is 0.0819 e. The first kappa shape index (κ1) is 7.70. The first-order chi connectivity index (χ1) is 3.50. The van der Waals surface area contributed by atoms with Crippen LogP contribution < -0.4 is 0 Å². The third-order valence-electron chi connectivity index (χ3n) is 1.58. The summed E-state index contributed by atoms with van der Waals surface area (Å²) in [4.78, 5) is 0. The third kappa shape index (κ3) is 1.66. The van der Waals surface area contributed by atoms with E-state index in [0.29, 0.717) is 0 Å². The van der Waals surface area contributed by atoms with Gasteiger partial charge in [-0.15, -0.1) is 6.58 Å². The average Bonchev–Trinajstić information content (AvgIpc) is 1.67. The normalized spacial score (nSPS) is 18.1. The second kappa shape index (κ2) is 2.31. The number of hydrogen-bond donors (Lipinski definition) is 1. The Balaban J connectivity index is 3.90. The lowest BCUT2D eigenvalue weighted by molar-refractivity contribution is 0.0630. The summed E-state index contributed by atoms with van der Waals surface area (Å²) in [5.41, 5.74) is -0.694. The molecule has 0 aliphatic heterocycles. The van der Waals surface area contributed by atoms with E-state index < -0.39 is 5.60 Å². The molecule has 0 radical (unpaired) electrons. The quantitative estimate of drug-likeness (QED) is 0.540. The third-order valence-corrected chi connectivity index (χ3v) is 1.58. The summed E-state index contributed by atoms with van der Waals surface area (Å²) in [6.07, 6.45) is 1.57. The van der Waals surface area contributed by atoms with Crippen molar-refractivity contribution in [2.75, 3.05) is 0 Å². The smallest absolute Gasteiger partial charge is 0.0819 e. The first-order valence-electron chi connectivity index (χ1n) is 2.86. The molecule has 0 aromatic carbocycles. The summed E-state index contributed by atoms with van der Waals surface area (Å²) in [6, 6.07) is 0. The fourth-order valence-corrected chi connectivity index (χ4v) is 0.236. The van der Waals surface area contributed by atoms with Crippen LogP contribution in [-0.4, -0.2) is 10.7 Å². The molecule has 1 atom stereocenters. The Morgan fingerprint density at radius 1 is 1.62 bits per heavy atom. The van der Waals surface area contributed by atoms with Gasteiger partial charge in [-0.3, -0.25) is 0 Å². The van der Waals surface area contributed by atoms with Crippen LogP contribution in [0, 0.1) is 5.92 Å². The van der Waals surface area contributed by atoms with E-state index in [-0.39, 0.29) is 5.92 Å². The summed E-state index contributed by atoms with van der Waals surface area (Å²) in [5.74, 6) is 0.250. The molecule has 0 aliphatic rings. The standard InChI is InChI=1S/C7H14O/c1-5-7(4,8)6(2)3/h5-6,8H,1H2,2-4H3/t7-/m1/s1. The fraction of sp³-hybridized carbons (Fsp3) is 0.714. The van der Waals surface area contributed by atoms with Gasteiger partial charge in [0.2, 0.25) is 0 Å². The summed E-state index contributed by atoms with van der Waals surface area (Å²) < 4.78 is 0. The van der Waals surface area contributed by atoms with E-state index in [0.717, 1.165) is 0 Å². The monoisotopic (exact) mass is 114 g/mol. The van der Waals surface area contributed by atoms with Gasteiger partial charge in [-0.05, 0) is 12.8 Å². The largest absolute Gasteiger partial charge is 0.386 e. The molecule has 1 nitrogen and oxygen atoms in total. The Morgan fingerprint density at radius 3 is 2.00 bits per heavy atom. The molecular weight excluding hydrogens is 100 g/mol. The molecule has 0 amide bonds. The van der Waals surface area contributed by atoms with Gasteiger partial charge in [-0.2, -0.15) is 0 Å². The van der Waals surface area contributed by atoms with Gasteiger partial charge in [-0.1, -0.05) is 19.9 Å². The highest BCUT2D eigenvalue weighted by atomic mass is 16.3. The highest BCUT2D eigenvalue weighted by molar-refractivity contribution is 4.93. The van der Waals surface area contributed by atoms with Crippen LogP contribution in [0.1, 0.15) is 20.8 Å². The topological polar surface area (TPSA) is 20.2 Å². The Kier molecular flexibility index (Phi) is 2.23. The Labute approximate surface area is 51.0 Å². The van der Waals surface area contributed by atoms with Crippen LogP contribution in [0.3, 0.4) is 0 Å². The summed E-state index contributed by atoms with van der Waals surface area (Å²) in [6.45, 7) is 9.18. The molecule has 0 aromatic rings. The number of aliphatic hydroxyl groups is 1. The summed E-state index contributed by atoms with van der Waals surface area (Å²) >= 11 is 0. The molecule has 0 rings (SSSR count). The molecule has 1 N–H and O–H groups in total. The van der Waals surface area contributed by atoms with Crippen molar-refractivity contribution in [3.8, 4) is 0 Å². The van der Waals surface area contributed by atoms with Crippen molar-refractivity contribution in [3.05, 3.63) is 12.7 Å². The van der Waals surface area contributed by atoms with E-state index in [1.165, 1.54) is 0 Å². The molecule has 0 saturated heterocycles. The highest BCUT2D eigenvalue weighted by Crippen LogP contribution is 2.15. The van der Waals surface area contributed by atoms with Crippen molar-refractivity contribution in [1.29, 1.82) is 0 Å². The predicted molar refractivity (Wildman–Crippen MR) is 35.7 cm³/mol. The van der Waals surface area contributed by atoms with E-state index in [2.05, 4.69) is 6.58 Å². The van der Waals surface area contributed by atoms with E-state index in [1.807, 2.05) is 13.8 Å². The van der Waals surface area contributed by atoms with Crippen molar-refractivity contribution < 1.29 is 5.11 Å². The van der Waals surface area contributed by atoms with Crippen LogP contribution in [0.15, 0.2) is 12.7 Å². The lowest BCUT2D eigenvalue weighted by Crippen LogP contribution is -2.27. The van der Waals surface area contributed by atoms with Gasteiger partial charge in [0.1, 0.15) is 0 Å². The van der Waals surface area contributed by atoms with Gasteiger partial charge in [0.05, 0.1) is 5.60 Å². The van der Waals surface area contributed by atoms with Crippen molar-refractivity contribution in [3.63, 3.8) is 0 Å². The maximum atomic E-state index is 9.28. The SMILES string of the molecule is C=C[C@@](C)(O)C(C)C. The van der Waals surface area contributed by atoms with Crippen LogP contribution in [0.4, 0.5) is 0 Å². The molecular formula is C7H14O. The van der Waals surface area contributed by atoms with Crippen LogP contribution in [0.5, 0.6) is 0 Å². The van der Waals surface area contributed by atoms with E-state index in [1.54, 1.807) is 13.0 Å². The molecule has 0 bridgehead atoms. The van der Waals surface area contributed by atoms with E-state index in [9.17, 15) is 5.11 Å². The van der Waals surface area contributed by atoms with Crippen molar-refractivity contribution >= 4 is 0 Å². The van der Waals surface area contributed by atoms with Crippen molar-refractivity contribution in [2.45, 2.75) is 26.4 Å². The van der Waals surface area contributed by atoms with E-state index in [4.69, 9.17) is 0 Å². The first-order valence-corrected chi connectivity index (χ1v) is 2.86. The maximum absolute atomic E-state index is 9.28. The van der Waals surface area contributed by atoms with E-state index >= 15 is 0 Å². The summed E-state index contributed by atoms with van der Waals surface area (Å²) in [5, 5.41) is 9.28.